The summed E-state index contributed by atoms with van der Waals surface area (Å²) < 4.78 is 37.8. The Morgan fingerprint density at radius 3 is 2.50 bits per heavy atom. The van der Waals surface area contributed by atoms with Gasteiger partial charge >= 0.3 is 0 Å². The van der Waals surface area contributed by atoms with Gasteiger partial charge in [0.15, 0.2) is 0 Å². The van der Waals surface area contributed by atoms with E-state index in [-0.39, 0.29) is 22.5 Å². The molecule has 7 nitrogen and oxygen atoms in total. The van der Waals surface area contributed by atoms with Crippen LogP contribution in [0.25, 0.3) is 0 Å². The molecule has 0 atom stereocenters. The summed E-state index contributed by atoms with van der Waals surface area (Å²) in [6.45, 7) is 3.38. The second-order valence-electron chi connectivity index (χ2n) is 6.34. The van der Waals surface area contributed by atoms with E-state index in [0.717, 1.165) is 12.8 Å². The smallest absolute Gasteiger partial charge is 0.246 e. The van der Waals surface area contributed by atoms with Crippen LogP contribution >= 0.6 is 0 Å². The summed E-state index contributed by atoms with van der Waals surface area (Å²) in [6.07, 6.45) is 3.01. The van der Waals surface area contributed by atoms with Gasteiger partial charge in [0, 0.05) is 31.6 Å². The number of nitrogens with one attached hydrogen (secondary N) is 1. The van der Waals surface area contributed by atoms with E-state index < -0.39 is 10.0 Å². The fourth-order valence-electron chi connectivity index (χ4n) is 3.02. The van der Waals surface area contributed by atoms with Crippen LogP contribution < -0.4 is 14.8 Å². The van der Waals surface area contributed by atoms with Crippen molar-refractivity contribution in [3.63, 3.8) is 0 Å². The van der Waals surface area contributed by atoms with E-state index in [1.54, 1.807) is 12.1 Å². The molecule has 0 radical (unpaired) electrons. The largest absolute Gasteiger partial charge is 0.497 e. The molecule has 1 amide bonds. The molecule has 0 aliphatic carbocycles. The molecule has 0 unspecified atom stereocenters. The van der Waals surface area contributed by atoms with Crippen molar-refractivity contribution < 1.29 is 22.7 Å². The van der Waals surface area contributed by atoms with Crippen LogP contribution in [0.4, 0.5) is 0 Å². The number of methoxy groups -OCH3 is 2. The van der Waals surface area contributed by atoms with Gasteiger partial charge < -0.3 is 14.8 Å². The van der Waals surface area contributed by atoms with Gasteiger partial charge in [-0.15, -0.1) is 0 Å². The summed E-state index contributed by atoms with van der Waals surface area (Å²) in [7, 11) is -0.786. The molecule has 1 heterocycles. The Hall–Kier alpha value is -1.80. The lowest BCUT2D eigenvalue weighted by Gasteiger charge is -2.31. The van der Waals surface area contributed by atoms with Crippen molar-refractivity contribution in [3.05, 3.63) is 18.2 Å². The highest BCUT2D eigenvalue weighted by Gasteiger charge is 2.33. The number of sulfonamides is 1. The van der Waals surface area contributed by atoms with Crippen molar-refractivity contribution in [2.75, 3.05) is 33.9 Å². The lowest BCUT2D eigenvalue weighted by Crippen LogP contribution is -2.43. The van der Waals surface area contributed by atoms with E-state index in [9.17, 15) is 13.2 Å². The van der Waals surface area contributed by atoms with Crippen molar-refractivity contribution >= 4 is 15.9 Å². The predicted octanol–water partition coefficient (Wildman–Crippen LogP) is 2.02. The summed E-state index contributed by atoms with van der Waals surface area (Å²) in [5.74, 6) is 0.625. The van der Waals surface area contributed by atoms with Crippen LogP contribution in [0.2, 0.25) is 0 Å². The number of piperidine rings is 1. The first-order chi connectivity index (χ1) is 12.4. The molecule has 0 aromatic heterocycles. The SMILES string of the molecule is CCCCNC(=O)C1CCN(S(=O)(=O)c2cc(OC)ccc2OC)CC1. The molecule has 0 spiro atoms. The number of unbranched alkanes of at least 4 members (excludes halogenated alkanes) is 1. The van der Waals surface area contributed by atoms with E-state index in [0.29, 0.717) is 38.2 Å². The second kappa shape index (κ2) is 9.23. The van der Waals surface area contributed by atoms with Crippen molar-refractivity contribution in [2.45, 2.75) is 37.5 Å². The second-order valence-corrected chi connectivity index (χ2v) is 8.25. The van der Waals surface area contributed by atoms with Crippen LogP contribution in [0.3, 0.4) is 0 Å². The topological polar surface area (TPSA) is 84.9 Å². The van der Waals surface area contributed by atoms with Gasteiger partial charge in [-0.3, -0.25) is 4.79 Å². The van der Waals surface area contributed by atoms with E-state index in [1.165, 1.54) is 24.6 Å². The number of hydrogen-bond acceptors (Lipinski definition) is 5. The number of ether oxygens (including phenoxy) is 2. The zero-order valence-electron chi connectivity index (χ0n) is 15.7. The van der Waals surface area contributed by atoms with Crippen molar-refractivity contribution in [2.24, 2.45) is 5.92 Å². The predicted molar refractivity (Wildman–Crippen MR) is 98.9 cm³/mol. The molecule has 1 aliphatic heterocycles. The number of nitrogens with zero attached hydrogens (tertiary/aromatic N) is 1. The Morgan fingerprint density at radius 2 is 1.92 bits per heavy atom. The highest BCUT2D eigenvalue weighted by molar-refractivity contribution is 7.89. The van der Waals surface area contributed by atoms with Crippen LogP contribution in [0, 0.1) is 5.92 Å². The molecular weight excluding hydrogens is 356 g/mol. The van der Waals surface area contributed by atoms with Crippen molar-refractivity contribution in [3.8, 4) is 11.5 Å². The Balaban J connectivity index is 2.07. The third-order valence-corrected chi connectivity index (χ3v) is 6.56. The van der Waals surface area contributed by atoms with E-state index >= 15 is 0 Å². The van der Waals surface area contributed by atoms with Crippen LogP contribution in [-0.4, -0.2) is 52.5 Å². The zero-order valence-corrected chi connectivity index (χ0v) is 16.5. The van der Waals surface area contributed by atoms with Gasteiger partial charge in [-0.2, -0.15) is 4.31 Å². The summed E-state index contributed by atoms with van der Waals surface area (Å²) in [4.78, 5) is 12.3. The number of hydrogen-bond donors (Lipinski definition) is 1. The highest BCUT2D eigenvalue weighted by Crippen LogP contribution is 2.32. The maximum absolute atomic E-state index is 13.0. The van der Waals surface area contributed by atoms with Gasteiger partial charge in [0.1, 0.15) is 16.4 Å². The Bertz CT molecular complexity index is 712. The minimum atomic E-state index is -3.71. The zero-order chi connectivity index (χ0) is 19.2. The van der Waals surface area contributed by atoms with E-state index in [2.05, 4.69) is 12.2 Å². The summed E-state index contributed by atoms with van der Waals surface area (Å²) in [6, 6.07) is 4.71. The Labute approximate surface area is 155 Å². The van der Waals surface area contributed by atoms with Gasteiger partial charge in [0.25, 0.3) is 0 Å². The third kappa shape index (κ3) is 4.67. The first-order valence-electron chi connectivity index (χ1n) is 8.94. The molecule has 0 bridgehead atoms. The molecule has 1 aromatic rings. The lowest BCUT2D eigenvalue weighted by molar-refractivity contribution is -0.126. The number of rotatable bonds is 8. The van der Waals surface area contributed by atoms with Crippen molar-refractivity contribution in [1.82, 2.24) is 9.62 Å². The number of amides is 1. The summed E-state index contributed by atoms with van der Waals surface area (Å²) >= 11 is 0. The molecule has 1 N–H and O–H groups in total. The monoisotopic (exact) mass is 384 g/mol. The first kappa shape index (κ1) is 20.5. The number of benzene rings is 1. The average Bonchev–Trinajstić information content (AvgIpc) is 2.67. The molecule has 1 aromatic carbocycles. The lowest BCUT2D eigenvalue weighted by atomic mass is 9.97. The maximum Gasteiger partial charge on any atom is 0.246 e. The Kier molecular flexibility index (Phi) is 7.28. The molecule has 2 rings (SSSR count). The minimum absolute atomic E-state index is 0.0226. The standard InChI is InChI=1S/C18H28N2O5S/c1-4-5-10-19-18(21)14-8-11-20(12-9-14)26(22,23)17-13-15(24-2)6-7-16(17)25-3/h6-7,13-14H,4-5,8-12H2,1-3H3,(H,19,21). The molecule has 8 heteroatoms. The summed E-state index contributed by atoms with van der Waals surface area (Å²) in [5.41, 5.74) is 0. The molecular formula is C18H28N2O5S. The molecule has 146 valence electrons. The molecule has 1 saturated heterocycles. The number of carbonyl (C=O) groups excluding carboxylic acids is 1. The van der Waals surface area contributed by atoms with Crippen LogP contribution in [-0.2, 0) is 14.8 Å². The van der Waals surface area contributed by atoms with Gasteiger partial charge in [0.05, 0.1) is 14.2 Å². The van der Waals surface area contributed by atoms with E-state index in [4.69, 9.17) is 9.47 Å². The van der Waals surface area contributed by atoms with Gasteiger partial charge in [-0.1, -0.05) is 13.3 Å². The highest BCUT2D eigenvalue weighted by atomic mass is 32.2. The minimum Gasteiger partial charge on any atom is -0.497 e. The van der Waals surface area contributed by atoms with Crippen LogP contribution in [0.5, 0.6) is 11.5 Å². The fraction of sp³-hybridized carbons (Fsp3) is 0.611. The Morgan fingerprint density at radius 1 is 1.23 bits per heavy atom. The summed E-state index contributed by atoms with van der Waals surface area (Å²) in [5, 5.41) is 2.93. The van der Waals surface area contributed by atoms with Gasteiger partial charge in [-0.05, 0) is 31.4 Å². The van der Waals surface area contributed by atoms with Crippen LogP contribution in [0.1, 0.15) is 32.6 Å². The molecule has 0 saturated carbocycles. The van der Waals surface area contributed by atoms with Crippen LogP contribution in [0.15, 0.2) is 23.1 Å². The molecule has 1 aliphatic rings. The van der Waals surface area contributed by atoms with Gasteiger partial charge in [-0.25, -0.2) is 8.42 Å². The van der Waals surface area contributed by atoms with Crippen molar-refractivity contribution in [1.29, 1.82) is 0 Å². The first-order valence-corrected chi connectivity index (χ1v) is 10.4. The van der Waals surface area contributed by atoms with Gasteiger partial charge in [0.2, 0.25) is 15.9 Å². The molecule has 26 heavy (non-hydrogen) atoms. The number of carbonyl (C=O) groups is 1. The normalized spacial score (nSPS) is 16.3. The molecule has 1 fully saturated rings. The average molecular weight is 384 g/mol. The maximum atomic E-state index is 13.0. The van der Waals surface area contributed by atoms with E-state index in [1.807, 2.05) is 0 Å². The third-order valence-electron chi connectivity index (χ3n) is 4.64. The fourth-order valence-corrected chi connectivity index (χ4v) is 4.66. The quantitative estimate of drug-likeness (QED) is 0.693.